The monoisotopic (exact) mass is 471 g/mol. The molecule has 1 aliphatic heterocycles. The maximum atomic E-state index is 13.4. The highest BCUT2D eigenvalue weighted by Gasteiger charge is 2.29. The molecule has 3 aromatic carbocycles. The molecule has 0 aliphatic carbocycles. The quantitative estimate of drug-likeness (QED) is 0.444. The van der Waals surface area contributed by atoms with Gasteiger partial charge in [-0.25, -0.2) is 9.18 Å². The van der Waals surface area contributed by atoms with Crippen LogP contribution in [0.1, 0.15) is 6.92 Å². The molecule has 1 fully saturated rings. The topological polar surface area (TPSA) is 70.6 Å². The normalized spacial score (nSPS) is 15.8. The molecule has 1 aliphatic rings. The number of nitrogens with zero attached hydrogens (tertiary/aromatic N) is 4. The summed E-state index contributed by atoms with van der Waals surface area (Å²) in [5, 5.41) is 14.0. The molecule has 1 atom stereocenters. The van der Waals surface area contributed by atoms with Crippen LogP contribution in [0, 0.1) is 5.82 Å². The molecule has 8 heteroatoms. The molecule has 7 nitrogen and oxygen atoms in total. The molecular formula is C27H26FN5O2. The Hall–Kier alpha value is -4.20. The van der Waals surface area contributed by atoms with Crippen molar-refractivity contribution < 1.29 is 13.9 Å². The number of aromatic nitrogens is 2. The lowest BCUT2D eigenvalue weighted by Crippen LogP contribution is -2.55. The predicted octanol–water partition coefficient (Wildman–Crippen LogP) is 5.19. The molecule has 178 valence electrons. The fraction of sp³-hybridized carbons (Fsp3) is 0.222. The van der Waals surface area contributed by atoms with Crippen LogP contribution in [-0.2, 0) is 0 Å². The Balaban J connectivity index is 1.35. The van der Waals surface area contributed by atoms with Gasteiger partial charge in [-0.3, -0.25) is 0 Å². The van der Waals surface area contributed by atoms with Crippen LogP contribution < -0.4 is 15.0 Å². The highest BCUT2D eigenvalue weighted by Crippen LogP contribution is 2.33. The van der Waals surface area contributed by atoms with Crippen LogP contribution in [0.3, 0.4) is 0 Å². The zero-order valence-electron chi connectivity index (χ0n) is 19.6. The molecule has 35 heavy (non-hydrogen) atoms. The summed E-state index contributed by atoms with van der Waals surface area (Å²) < 4.78 is 18.6. The van der Waals surface area contributed by atoms with Gasteiger partial charge in [0.2, 0.25) is 0 Å². The third-order valence-electron chi connectivity index (χ3n) is 6.31. The second kappa shape index (κ2) is 9.58. The summed E-state index contributed by atoms with van der Waals surface area (Å²) in [6, 6.07) is 21.4. The maximum absolute atomic E-state index is 13.4. The molecule has 1 N–H and O–H groups in total. The van der Waals surface area contributed by atoms with Gasteiger partial charge in [-0.2, -0.15) is 0 Å². The van der Waals surface area contributed by atoms with Crippen molar-refractivity contribution in [2.24, 2.45) is 0 Å². The van der Waals surface area contributed by atoms with Crippen LogP contribution in [0.2, 0.25) is 0 Å². The summed E-state index contributed by atoms with van der Waals surface area (Å²) in [5.74, 6) is 1.24. The number of carbonyl (C=O) groups is 1. The van der Waals surface area contributed by atoms with Crippen molar-refractivity contribution in [3.63, 3.8) is 0 Å². The molecule has 0 spiro atoms. The summed E-state index contributed by atoms with van der Waals surface area (Å²) >= 11 is 0. The number of methoxy groups -OCH3 is 1. The first-order chi connectivity index (χ1) is 17.0. The summed E-state index contributed by atoms with van der Waals surface area (Å²) in [7, 11) is 1.61. The van der Waals surface area contributed by atoms with E-state index < -0.39 is 0 Å². The lowest BCUT2D eigenvalue weighted by molar-refractivity contribution is 0.200. The minimum Gasteiger partial charge on any atom is -0.497 e. The van der Waals surface area contributed by atoms with Gasteiger partial charge in [0, 0.05) is 47.7 Å². The first-order valence-corrected chi connectivity index (χ1v) is 11.5. The first-order valence-electron chi connectivity index (χ1n) is 11.5. The first kappa shape index (κ1) is 22.6. The number of carbonyl (C=O) groups excluding carboxylic acids is 1. The Morgan fingerprint density at radius 2 is 1.69 bits per heavy atom. The van der Waals surface area contributed by atoms with Crippen LogP contribution >= 0.6 is 0 Å². The fourth-order valence-electron chi connectivity index (χ4n) is 4.46. The maximum Gasteiger partial charge on any atom is 0.321 e. The molecule has 4 aromatic rings. The average molecular weight is 472 g/mol. The number of hydrogen-bond donors (Lipinski definition) is 1. The van der Waals surface area contributed by atoms with Gasteiger partial charge in [0.15, 0.2) is 5.82 Å². The van der Waals surface area contributed by atoms with E-state index in [1.54, 1.807) is 19.2 Å². The van der Waals surface area contributed by atoms with Crippen molar-refractivity contribution in [3.05, 3.63) is 78.6 Å². The zero-order chi connectivity index (χ0) is 24.4. The number of piperazine rings is 1. The van der Waals surface area contributed by atoms with Gasteiger partial charge in [-0.05, 0) is 55.5 Å². The largest absolute Gasteiger partial charge is 0.497 e. The van der Waals surface area contributed by atoms with Crippen LogP contribution in [0.25, 0.3) is 22.0 Å². The van der Waals surface area contributed by atoms with E-state index in [1.165, 1.54) is 12.1 Å². The van der Waals surface area contributed by atoms with E-state index in [4.69, 9.17) is 4.74 Å². The molecule has 1 aromatic heterocycles. The number of benzene rings is 3. The zero-order valence-corrected chi connectivity index (χ0v) is 19.6. The fourth-order valence-corrected chi connectivity index (χ4v) is 4.46. The highest BCUT2D eigenvalue weighted by molar-refractivity contribution is 6.00. The van der Waals surface area contributed by atoms with Crippen molar-refractivity contribution >= 4 is 28.3 Å². The van der Waals surface area contributed by atoms with Crippen molar-refractivity contribution in [3.8, 4) is 17.0 Å². The van der Waals surface area contributed by atoms with E-state index in [2.05, 4.69) is 27.3 Å². The van der Waals surface area contributed by atoms with Gasteiger partial charge in [0.05, 0.1) is 7.11 Å². The molecule has 0 radical (unpaired) electrons. The lowest BCUT2D eigenvalue weighted by Gasteiger charge is -2.40. The molecule has 0 unspecified atom stereocenters. The molecule has 1 saturated heterocycles. The number of urea groups is 1. The van der Waals surface area contributed by atoms with Crippen LogP contribution in [-0.4, -0.2) is 53.9 Å². The van der Waals surface area contributed by atoms with Crippen molar-refractivity contribution in [1.29, 1.82) is 0 Å². The van der Waals surface area contributed by atoms with Crippen LogP contribution in [0.5, 0.6) is 5.75 Å². The van der Waals surface area contributed by atoms with Crippen LogP contribution in [0.4, 0.5) is 20.7 Å². The SMILES string of the molecule is COc1ccc(NC(=O)N2CCN(c3nnc(-c4ccc(F)cc4)c4ccccc34)[C@@H](C)C2)cc1. The molecule has 2 heterocycles. The molecular weight excluding hydrogens is 445 g/mol. The number of nitrogens with one attached hydrogen (secondary N) is 1. The van der Waals surface area contributed by atoms with Gasteiger partial charge in [-0.1, -0.05) is 24.3 Å². The third kappa shape index (κ3) is 4.59. The van der Waals surface area contributed by atoms with Crippen molar-refractivity contribution in [2.45, 2.75) is 13.0 Å². The molecule has 0 bridgehead atoms. The third-order valence-corrected chi connectivity index (χ3v) is 6.31. The number of ether oxygens (including phenoxy) is 1. The minimum atomic E-state index is -0.287. The van der Waals surface area contributed by atoms with Gasteiger partial charge < -0.3 is 19.9 Å². The smallest absolute Gasteiger partial charge is 0.321 e. The van der Waals surface area contributed by atoms with Crippen molar-refractivity contribution in [1.82, 2.24) is 15.1 Å². The van der Waals surface area contributed by atoms with Gasteiger partial charge in [0.25, 0.3) is 0 Å². The van der Waals surface area contributed by atoms with E-state index in [-0.39, 0.29) is 17.9 Å². The van der Waals surface area contributed by atoms with E-state index in [0.717, 1.165) is 39.3 Å². The number of amides is 2. The lowest BCUT2D eigenvalue weighted by atomic mass is 10.0. The van der Waals surface area contributed by atoms with Gasteiger partial charge in [-0.15, -0.1) is 10.2 Å². The number of halogens is 1. The Morgan fingerprint density at radius 1 is 0.971 bits per heavy atom. The number of fused-ring (bicyclic) bond motifs is 1. The summed E-state index contributed by atoms with van der Waals surface area (Å²) in [6.45, 7) is 3.82. The van der Waals surface area contributed by atoms with E-state index >= 15 is 0 Å². The van der Waals surface area contributed by atoms with Crippen molar-refractivity contribution in [2.75, 3.05) is 37.0 Å². The number of anilines is 2. The summed E-state index contributed by atoms with van der Waals surface area (Å²) in [4.78, 5) is 16.9. The average Bonchev–Trinajstić information content (AvgIpc) is 2.89. The Bertz CT molecular complexity index is 1340. The molecule has 0 saturated carbocycles. The second-order valence-corrected chi connectivity index (χ2v) is 8.57. The Kier molecular flexibility index (Phi) is 6.18. The van der Waals surface area contributed by atoms with E-state index in [0.29, 0.717) is 19.6 Å². The van der Waals surface area contributed by atoms with E-state index in [1.807, 2.05) is 53.4 Å². The Labute approximate surface area is 203 Å². The summed E-state index contributed by atoms with van der Waals surface area (Å²) in [5.41, 5.74) is 2.25. The highest BCUT2D eigenvalue weighted by atomic mass is 19.1. The Morgan fingerprint density at radius 3 is 2.37 bits per heavy atom. The summed E-state index contributed by atoms with van der Waals surface area (Å²) in [6.07, 6.45) is 0. The number of hydrogen-bond acceptors (Lipinski definition) is 5. The number of rotatable bonds is 4. The standard InChI is InChI=1S/C27H26FN5O2/c1-18-17-32(27(34)29-21-11-13-22(35-2)14-12-21)15-16-33(18)26-24-6-4-3-5-23(24)25(30-31-26)19-7-9-20(28)10-8-19/h3-14,18H,15-17H2,1-2H3,(H,29,34)/t18-/m0/s1. The molecule has 5 rings (SSSR count). The minimum absolute atomic E-state index is 0.0414. The molecule has 2 amide bonds. The van der Waals surface area contributed by atoms with E-state index in [9.17, 15) is 9.18 Å². The van der Waals surface area contributed by atoms with Gasteiger partial charge in [0.1, 0.15) is 17.3 Å². The second-order valence-electron chi connectivity index (χ2n) is 8.57. The van der Waals surface area contributed by atoms with Gasteiger partial charge >= 0.3 is 6.03 Å². The van der Waals surface area contributed by atoms with Crippen LogP contribution in [0.15, 0.2) is 72.8 Å². The predicted molar refractivity (Wildman–Crippen MR) is 135 cm³/mol.